The lowest BCUT2D eigenvalue weighted by Gasteiger charge is -2.29. The van der Waals surface area contributed by atoms with E-state index in [1.807, 2.05) is 19.1 Å². The van der Waals surface area contributed by atoms with Gasteiger partial charge in [-0.25, -0.2) is 0 Å². The standard InChI is InChI=1S/C25H44O4/c1-4-6-8-10-12-14-19-28-24(26)22-18-16-17-21(3)23(22)25(27)29-20-15-13-11-9-7-5-2/h16,18,21-23H,4-15,17,19-20H2,1-3H3. The summed E-state index contributed by atoms with van der Waals surface area (Å²) in [5.74, 6) is -1.34. The number of allylic oxidation sites excluding steroid dienone is 1. The van der Waals surface area contributed by atoms with Crippen molar-refractivity contribution in [1.29, 1.82) is 0 Å². The highest BCUT2D eigenvalue weighted by molar-refractivity contribution is 5.84. The van der Waals surface area contributed by atoms with Gasteiger partial charge in [-0.1, -0.05) is 97.1 Å². The Bertz CT molecular complexity index is 471. The van der Waals surface area contributed by atoms with Crippen LogP contribution in [0.4, 0.5) is 0 Å². The predicted octanol–water partition coefficient (Wildman–Crippen LogP) is 6.62. The number of unbranched alkanes of at least 4 members (excludes halogenated alkanes) is 10. The van der Waals surface area contributed by atoms with Gasteiger partial charge >= 0.3 is 11.9 Å². The summed E-state index contributed by atoms with van der Waals surface area (Å²) in [6.45, 7) is 7.33. The van der Waals surface area contributed by atoms with Gasteiger partial charge in [-0.15, -0.1) is 0 Å². The van der Waals surface area contributed by atoms with Crippen LogP contribution >= 0.6 is 0 Å². The van der Waals surface area contributed by atoms with Gasteiger partial charge in [0.15, 0.2) is 0 Å². The van der Waals surface area contributed by atoms with Crippen molar-refractivity contribution in [2.24, 2.45) is 17.8 Å². The molecule has 1 aliphatic rings. The minimum absolute atomic E-state index is 0.101. The number of rotatable bonds is 16. The van der Waals surface area contributed by atoms with Crippen molar-refractivity contribution in [3.8, 4) is 0 Å². The lowest BCUT2D eigenvalue weighted by Crippen LogP contribution is -2.37. The van der Waals surface area contributed by atoms with Crippen LogP contribution in [0, 0.1) is 17.8 Å². The number of carbonyl (C=O) groups excluding carboxylic acids is 2. The fourth-order valence-corrected chi connectivity index (χ4v) is 3.97. The van der Waals surface area contributed by atoms with E-state index in [1.54, 1.807) is 0 Å². The van der Waals surface area contributed by atoms with Gasteiger partial charge in [0, 0.05) is 0 Å². The zero-order valence-corrected chi connectivity index (χ0v) is 19.1. The van der Waals surface area contributed by atoms with Gasteiger partial charge in [-0.05, 0) is 25.2 Å². The van der Waals surface area contributed by atoms with Crippen molar-refractivity contribution in [3.05, 3.63) is 12.2 Å². The van der Waals surface area contributed by atoms with Gasteiger partial charge in [0.1, 0.15) is 0 Å². The molecule has 29 heavy (non-hydrogen) atoms. The Kier molecular flexibility index (Phi) is 14.6. The maximum Gasteiger partial charge on any atom is 0.313 e. The summed E-state index contributed by atoms with van der Waals surface area (Å²) in [5.41, 5.74) is 0. The van der Waals surface area contributed by atoms with E-state index < -0.39 is 11.8 Å². The molecule has 0 radical (unpaired) electrons. The minimum atomic E-state index is -0.504. The number of esters is 2. The summed E-state index contributed by atoms with van der Waals surface area (Å²) in [4.78, 5) is 25.3. The fraction of sp³-hybridized carbons (Fsp3) is 0.840. The first kappa shape index (κ1) is 25.7. The highest BCUT2D eigenvalue weighted by Crippen LogP contribution is 2.32. The molecule has 3 unspecified atom stereocenters. The third kappa shape index (κ3) is 10.9. The normalized spacial score (nSPS) is 21.1. The SMILES string of the molecule is CCCCCCCCOC(=O)C1C=CCC(C)C1C(=O)OCCCCCCCC. The maximum atomic E-state index is 12.7. The quantitative estimate of drug-likeness (QED) is 0.163. The van der Waals surface area contributed by atoms with E-state index in [2.05, 4.69) is 13.8 Å². The molecule has 0 saturated carbocycles. The second kappa shape index (κ2) is 16.5. The summed E-state index contributed by atoms with van der Waals surface area (Å²) in [6.07, 6.45) is 18.5. The second-order valence-electron chi connectivity index (χ2n) is 8.56. The Balaban J connectivity index is 2.35. The van der Waals surface area contributed by atoms with Crippen molar-refractivity contribution in [2.75, 3.05) is 13.2 Å². The van der Waals surface area contributed by atoms with Crippen LogP contribution in [0.2, 0.25) is 0 Å². The Hall–Kier alpha value is -1.32. The van der Waals surface area contributed by atoms with Gasteiger partial charge in [0.2, 0.25) is 0 Å². The van der Waals surface area contributed by atoms with Crippen molar-refractivity contribution in [3.63, 3.8) is 0 Å². The van der Waals surface area contributed by atoms with Crippen molar-refractivity contribution in [1.82, 2.24) is 0 Å². The third-order valence-corrected chi connectivity index (χ3v) is 5.88. The first-order valence-corrected chi connectivity index (χ1v) is 12.1. The van der Waals surface area contributed by atoms with E-state index in [0.29, 0.717) is 13.2 Å². The molecule has 0 saturated heterocycles. The molecule has 0 amide bonds. The molecule has 3 atom stereocenters. The zero-order chi connectivity index (χ0) is 21.3. The molecule has 0 heterocycles. The monoisotopic (exact) mass is 408 g/mol. The second-order valence-corrected chi connectivity index (χ2v) is 8.56. The molecule has 0 aromatic rings. The molecule has 0 aromatic heterocycles. The van der Waals surface area contributed by atoms with Crippen molar-refractivity contribution < 1.29 is 19.1 Å². The van der Waals surface area contributed by atoms with Crippen molar-refractivity contribution in [2.45, 2.75) is 104 Å². The highest BCUT2D eigenvalue weighted by Gasteiger charge is 2.39. The van der Waals surface area contributed by atoms with E-state index >= 15 is 0 Å². The maximum absolute atomic E-state index is 12.7. The molecule has 0 N–H and O–H groups in total. The van der Waals surface area contributed by atoms with Gasteiger partial charge < -0.3 is 9.47 Å². The van der Waals surface area contributed by atoms with Crippen LogP contribution < -0.4 is 0 Å². The molecule has 1 rings (SSSR count). The summed E-state index contributed by atoms with van der Waals surface area (Å²) in [6, 6.07) is 0. The number of hydrogen-bond donors (Lipinski definition) is 0. The van der Waals surface area contributed by atoms with E-state index in [-0.39, 0.29) is 17.9 Å². The topological polar surface area (TPSA) is 52.6 Å². The number of ether oxygens (including phenoxy) is 2. The summed E-state index contributed by atoms with van der Waals surface area (Å²) < 4.78 is 11.0. The lowest BCUT2D eigenvalue weighted by atomic mass is 9.76. The van der Waals surface area contributed by atoms with Crippen LogP contribution in [0.1, 0.15) is 104 Å². The van der Waals surface area contributed by atoms with Gasteiger partial charge in [0.05, 0.1) is 25.0 Å². The zero-order valence-electron chi connectivity index (χ0n) is 19.1. The van der Waals surface area contributed by atoms with Crippen molar-refractivity contribution >= 4 is 11.9 Å². The Morgan fingerprint density at radius 1 is 0.759 bits per heavy atom. The molecule has 0 aromatic carbocycles. The first-order chi connectivity index (χ1) is 14.1. The smallest absolute Gasteiger partial charge is 0.313 e. The van der Waals surface area contributed by atoms with Crippen LogP contribution in [0.5, 0.6) is 0 Å². The van der Waals surface area contributed by atoms with E-state index in [4.69, 9.17) is 9.47 Å². The highest BCUT2D eigenvalue weighted by atomic mass is 16.5. The first-order valence-electron chi connectivity index (χ1n) is 12.1. The largest absolute Gasteiger partial charge is 0.465 e. The van der Waals surface area contributed by atoms with Crippen LogP contribution in [-0.4, -0.2) is 25.2 Å². The lowest BCUT2D eigenvalue weighted by molar-refractivity contribution is -0.161. The molecule has 168 valence electrons. The van der Waals surface area contributed by atoms with Gasteiger partial charge in [0.25, 0.3) is 0 Å². The van der Waals surface area contributed by atoms with E-state index in [0.717, 1.165) is 32.1 Å². The predicted molar refractivity (Wildman–Crippen MR) is 119 cm³/mol. The molecule has 1 aliphatic carbocycles. The molecule has 4 heteroatoms. The fourth-order valence-electron chi connectivity index (χ4n) is 3.97. The number of carbonyl (C=O) groups is 2. The average Bonchev–Trinajstić information content (AvgIpc) is 2.72. The third-order valence-electron chi connectivity index (χ3n) is 5.88. The molecule has 0 spiro atoms. The Morgan fingerprint density at radius 2 is 1.24 bits per heavy atom. The van der Waals surface area contributed by atoms with Gasteiger partial charge in [-0.2, -0.15) is 0 Å². The summed E-state index contributed by atoms with van der Waals surface area (Å²) >= 11 is 0. The van der Waals surface area contributed by atoms with E-state index in [9.17, 15) is 9.59 Å². The molecular weight excluding hydrogens is 364 g/mol. The molecule has 0 bridgehead atoms. The summed E-state index contributed by atoms with van der Waals surface area (Å²) in [5, 5.41) is 0. The van der Waals surface area contributed by atoms with Crippen LogP contribution in [-0.2, 0) is 19.1 Å². The molecule has 0 fully saturated rings. The molecular formula is C25H44O4. The average molecular weight is 409 g/mol. The molecule has 4 nitrogen and oxygen atoms in total. The molecule has 0 aliphatic heterocycles. The van der Waals surface area contributed by atoms with Crippen LogP contribution in [0.3, 0.4) is 0 Å². The summed E-state index contributed by atoms with van der Waals surface area (Å²) in [7, 11) is 0. The van der Waals surface area contributed by atoms with Gasteiger partial charge in [-0.3, -0.25) is 9.59 Å². The Morgan fingerprint density at radius 3 is 1.79 bits per heavy atom. The Labute approximate surface area is 178 Å². The number of hydrogen-bond acceptors (Lipinski definition) is 4. The van der Waals surface area contributed by atoms with E-state index in [1.165, 1.54) is 51.4 Å². The minimum Gasteiger partial charge on any atom is -0.465 e. The van der Waals surface area contributed by atoms with Crippen LogP contribution in [0.25, 0.3) is 0 Å². The van der Waals surface area contributed by atoms with Crippen LogP contribution in [0.15, 0.2) is 12.2 Å².